The van der Waals surface area contributed by atoms with E-state index in [0.29, 0.717) is 18.0 Å². The van der Waals surface area contributed by atoms with Crippen LogP contribution >= 0.6 is 0 Å². The first-order valence-corrected chi connectivity index (χ1v) is 9.63. The maximum absolute atomic E-state index is 12.8. The second-order valence-electron chi connectivity index (χ2n) is 6.19. The third-order valence-electron chi connectivity index (χ3n) is 4.65. The van der Waals surface area contributed by atoms with Crippen LogP contribution in [0.3, 0.4) is 0 Å². The largest absolute Gasteiger partial charge is 0.311 e. The highest BCUT2D eigenvalue weighted by Gasteiger charge is 2.27. The number of hydrogen-bond donors (Lipinski definition) is 0. The lowest BCUT2D eigenvalue weighted by Crippen LogP contribution is -2.35. The fraction of sp³-hybridized carbons (Fsp3) is 0.500. The highest BCUT2D eigenvalue weighted by atomic mass is 32.2. The smallest absolute Gasteiger partial charge is 0.243 e. The summed E-state index contributed by atoms with van der Waals surface area (Å²) >= 11 is 0. The molecule has 3 heterocycles. The minimum absolute atomic E-state index is 0.354. The van der Waals surface area contributed by atoms with Crippen LogP contribution < -0.4 is 0 Å². The minimum atomic E-state index is -3.41. The number of benzene rings is 1. The van der Waals surface area contributed by atoms with Crippen molar-refractivity contribution in [2.24, 2.45) is 0 Å². The quantitative estimate of drug-likeness (QED) is 0.863. The summed E-state index contributed by atoms with van der Waals surface area (Å²) in [7, 11) is -3.41. The molecule has 1 aromatic heterocycles. The van der Waals surface area contributed by atoms with Gasteiger partial charge in [0.25, 0.3) is 0 Å². The fourth-order valence-electron chi connectivity index (χ4n) is 3.41. The molecule has 0 atom stereocenters. The van der Waals surface area contributed by atoms with E-state index in [0.717, 1.165) is 55.9 Å². The fourth-order valence-corrected chi connectivity index (χ4v) is 4.98. The van der Waals surface area contributed by atoms with Crippen LogP contribution in [0.2, 0.25) is 0 Å². The summed E-state index contributed by atoms with van der Waals surface area (Å²) in [5, 5.41) is 8.46. The van der Waals surface area contributed by atoms with Crippen molar-refractivity contribution in [3.8, 4) is 11.4 Å². The third kappa shape index (κ3) is 2.57. The van der Waals surface area contributed by atoms with E-state index in [1.807, 2.05) is 6.07 Å². The molecule has 0 saturated carbocycles. The zero-order valence-corrected chi connectivity index (χ0v) is 13.8. The summed E-state index contributed by atoms with van der Waals surface area (Å²) < 4.78 is 29.3. The lowest BCUT2D eigenvalue weighted by molar-refractivity contribution is 0.346. The van der Waals surface area contributed by atoms with Crippen molar-refractivity contribution in [1.82, 2.24) is 19.1 Å². The summed E-state index contributed by atoms with van der Waals surface area (Å²) in [6, 6.07) is 7.11. The van der Waals surface area contributed by atoms with Gasteiger partial charge in [-0.1, -0.05) is 18.6 Å². The molecule has 6 nitrogen and oxygen atoms in total. The number of fused-ring (bicyclic) bond motifs is 1. The van der Waals surface area contributed by atoms with E-state index in [4.69, 9.17) is 0 Å². The van der Waals surface area contributed by atoms with Crippen molar-refractivity contribution >= 4 is 10.0 Å². The summed E-state index contributed by atoms with van der Waals surface area (Å²) in [5.74, 6) is 1.76. The van der Waals surface area contributed by atoms with E-state index in [2.05, 4.69) is 14.8 Å². The lowest BCUT2D eigenvalue weighted by Gasteiger charge is -2.26. The summed E-state index contributed by atoms with van der Waals surface area (Å²) in [6.45, 7) is 2.14. The maximum atomic E-state index is 12.8. The number of sulfonamides is 1. The van der Waals surface area contributed by atoms with Gasteiger partial charge in [-0.3, -0.25) is 0 Å². The van der Waals surface area contributed by atoms with Gasteiger partial charge in [0, 0.05) is 31.6 Å². The number of hydrogen-bond acceptors (Lipinski definition) is 4. The Morgan fingerprint density at radius 1 is 0.957 bits per heavy atom. The molecule has 2 aliphatic heterocycles. The monoisotopic (exact) mass is 332 g/mol. The van der Waals surface area contributed by atoms with Crippen LogP contribution in [0.5, 0.6) is 0 Å². The number of nitrogens with zero attached hydrogens (tertiary/aromatic N) is 4. The Balaban J connectivity index is 1.71. The predicted molar refractivity (Wildman–Crippen MR) is 86.4 cm³/mol. The minimum Gasteiger partial charge on any atom is -0.311 e. The van der Waals surface area contributed by atoms with Gasteiger partial charge in [0.2, 0.25) is 10.0 Å². The molecule has 0 aliphatic carbocycles. The van der Waals surface area contributed by atoms with E-state index in [-0.39, 0.29) is 0 Å². The van der Waals surface area contributed by atoms with Crippen molar-refractivity contribution in [2.75, 3.05) is 13.1 Å². The van der Waals surface area contributed by atoms with Crippen molar-refractivity contribution in [3.63, 3.8) is 0 Å². The van der Waals surface area contributed by atoms with Gasteiger partial charge in [0.15, 0.2) is 5.82 Å². The zero-order chi connectivity index (χ0) is 15.9. The average molecular weight is 332 g/mol. The molecule has 1 saturated heterocycles. The molecule has 0 bridgehead atoms. The maximum Gasteiger partial charge on any atom is 0.243 e. The first kappa shape index (κ1) is 14.8. The molecule has 7 heteroatoms. The molecule has 0 spiro atoms. The number of rotatable bonds is 3. The second-order valence-corrected chi connectivity index (χ2v) is 8.13. The van der Waals surface area contributed by atoms with Crippen molar-refractivity contribution in [3.05, 3.63) is 30.1 Å². The van der Waals surface area contributed by atoms with Crippen LogP contribution in [-0.2, 0) is 23.0 Å². The van der Waals surface area contributed by atoms with Gasteiger partial charge in [-0.25, -0.2) is 8.42 Å². The summed E-state index contributed by atoms with van der Waals surface area (Å²) in [6.07, 6.45) is 5.01. The lowest BCUT2D eigenvalue weighted by atomic mass is 10.2. The van der Waals surface area contributed by atoms with E-state index in [1.165, 1.54) is 0 Å². The van der Waals surface area contributed by atoms with Gasteiger partial charge in [-0.05, 0) is 31.4 Å². The SMILES string of the molecule is O=S(=O)(c1cccc(-c2nnc3n2CCC3)c1)N1CCCCC1. The number of aromatic nitrogens is 3. The molecule has 0 radical (unpaired) electrons. The van der Waals surface area contributed by atoms with Crippen LogP contribution in [0.25, 0.3) is 11.4 Å². The van der Waals surface area contributed by atoms with Crippen molar-refractivity contribution in [1.29, 1.82) is 0 Å². The van der Waals surface area contributed by atoms with Gasteiger partial charge in [0.05, 0.1) is 4.90 Å². The Kier molecular flexibility index (Phi) is 3.69. The van der Waals surface area contributed by atoms with E-state index in [9.17, 15) is 8.42 Å². The van der Waals surface area contributed by atoms with E-state index in [1.54, 1.807) is 22.5 Å². The Labute approximate surface area is 136 Å². The molecule has 1 aromatic carbocycles. The van der Waals surface area contributed by atoms with Crippen molar-refractivity contribution < 1.29 is 8.42 Å². The molecule has 0 N–H and O–H groups in total. The molecule has 2 aromatic rings. The molecule has 4 rings (SSSR count). The number of piperidine rings is 1. The molecular weight excluding hydrogens is 312 g/mol. The molecule has 0 unspecified atom stereocenters. The van der Waals surface area contributed by atoms with E-state index < -0.39 is 10.0 Å². The first-order valence-electron chi connectivity index (χ1n) is 8.19. The van der Waals surface area contributed by atoms with Gasteiger partial charge in [0.1, 0.15) is 5.82 Å². The van der Waals surface area contributed by atoms with Crippen LogP contribution in [0.15, 0.2) is 29.2 Å². The molecule has 122 valence electrons. The highest BCUT2D eigenvalue weighted by Crippen LogP contribution is 2.27. The second kappa shape index (κ2) is 5.72. The average Bonchev–Trinajstić information content (AvgIpc) is 3.19. The normalized spacial score (nSPS) is 19.0. The number of aryl methyl sites for hydroxylation is 1. The van der Waals surface area contributed by atoms with Crippen molar-refractivity contribution in [2.45, 2.75) is 43.5 Å². The molecular formula is C16H20N4O2S. The van der Waals surface area contributed by atoms with Crippen LogP contribution in [-0.4, -0.2) is 40.6 Å². The molecule has 23 heavy (non-hydrogen) atoms. The van der Waals surface area contributed by atoms with Gasteiger partial charge < -0.3 is 4.57 Å². The molecule has 1 fully saturated rings. The summed E-state index contributed by atoms with van der Waals surface area (Å²) in [4.78, 5) is 0.354. The Morgan fingerprint density at radius 3 is 2.61 bits per heavy atom. The van der Waals surface area contributed by atoms with Crippen LogP contribution in [0, 0.1) is 0 Å². The van der Waals surface area contributed by atoms with Gasteiger partial charge >= 0.3 is 0 Å². The first-order chi connectivity index (χ1) is 11.2. The predicted octanol–water partition coefficient (Wildman–Crippen LogP) is 2.07. The zero-order valence-electron chi connectivity index (χ0n) is 13.0. The standard InChI is InChI=1S/C16H20N4O2S/c21-23(22,19-9-2-1-3-10-19)14-7-4-6-13(12-14)16-18-17-15-8-5-11-20(15)16/h4,6-7,12H,1-3,5,8-11H2. The Morgan fingerprint density at radius 2 is 1.78 bits per heavy atom. The molecule has 2 aliphatic rings. The highest BCUT2D eigenvalue weighted by molar-refractivity contribution is 7.89. The van der Waals surface area contributed by atoms with Crippen LogP contribution in [0.1, 0.15) is 31.5 Å². The molecule has 0 amide bonds. The Bertz CT molecular complexity index is 822. The summed E-state index contributed by atoms with van der Waals surface area (Å²) in [5.41, 5.74) is 0.823. The third-order valence-corrected chi connectivity index (χ3v) is 6.55. The van der Waals surface area contributed by atoms with E-state index >= 15 is 0 Å². The van der Waals surface area contributed by atoms with Gasteiger partial charge in [-0.15, -0.1) is 10.2 Å². The van der Waals surface area contributed by atoms with Gasteiger partial charge in [-0.2, -0.15) is 4.31 Å². The van der Waals surface area contributed by atoms with Crippen LogP contribution in [0.4, 0.5) is 0 Å². The Hall–Kier alpha value is -1.73. The topological polar surface area (TPSA) is 68.1 Å².